The molecule has 0 spiro atoms. The van der Waals surface area contributed by atoms with Crippen LogP contribution in [-0.4, -0.2) is 36.9 Å². The highest BCUT2D eigenvalue weighted by Gasteiger charge is 2.20. The molecule has 0 saturated carbocycles. The molecule has 2 N–H and O–H groups in total. The zero-order valence-electron chi connectivity index (χ0n) is 11.3. The smallest absolute Gasteiger partial charge is 0.326 e. The Kier molecular flexibility index (Phi) is 4.61. The van der Waals surface area contributed by atoms with E-state index in [9.17, 15) is 13.6 Å². The maximum absolute atomic E-state index is 12.7. The molecule has 1 unspecified atom stereocenters. The zero-order chi connectivity index (χ0) is 15.4. The van der Waals surface area contributed by atoms with Gasteiger partial charge in [-0.1, -0.05) is 19.8 Å². The molecule has 2 aromatic heterocycles. The molecule has 0 aliphatic heterocycles. The van der Waals surface area contributed by atoms with Crippen molar-refractivity contribution in [2.75, 3.05) is 5.32 Å². The highest BCUT2D eigenvalue weighted by atomic mass is 19.3. The molecule has 114 valence electrons. The topological polar surface area (TPSA) is 92.4 Å². The van der Waals surface area contributed by atoms with E-state index in [1.807, 2.05) is 6.92 Å². The lowest BCUT2D eigenvalue weighted by Gasteiger charge is -2.14. The molecular formula is C12H15F2N5O2. The number of halogens is 2. The van der Waals surface area contributed by atoms with Gasteiger partial charge in [0.2, 0.25) is 5.82 Å². The molecule has 21 heavy (non-hydrogen) atoms. The highest BCUT2D eigenvalue weighted by Crippen LogP contribution is 2.18. The lowest BCUT2D eigenvalue weighted by Crippen LogP contribution is -2.29. The lowest BCUT2D eigenvalue weighted by atomic mass is 10.1. The van der Waals surface area contributed by atoms with Crippen LogP contribution in [0.25, 0.3) is 5.65 Å². The third kappa shape index (κ3) is 3.41. The molecule has 0 aliphatic carbocycles. The molecule has 9 heteroatoms. The van der Waals surface area contributed by atoms with Crippen molar-refractivity contribution in [2.45, 2.75) is 38.7 Å². The minimum atomic E-state index is -2.81. The molecule has 2 rings (SSSR count). The summed E-state index contributed by atoms with van der Waals surface area (Å²) in [6, 6.07) is 2.12. The second-order valence-corrected chi connectivity index (χ2v) is 4.52. The van der Waals surface area contributed by atoms with Crippen molar-refractivity contribution >= 4 is 17.4 Å². The van der Waals surface area contributed by atoms with Gasteiger partial charge in [0.05, 0.1) is 0 Å². The summed E-state index contributed by atoms with van der Waals surface area (Å²) in [5.41, 5.74) is 0.177. The van der Waals surface area contributed by atoms with Crippen LogP contribution >= 0.6 is 0 Å². The third-order valence-corrected chi connectivity index (χ3v) is 2.95. The summed E-state index contributed by atoms with van der Waals surface area (Å²) in [5.74, 6) is -1.40. The van der Waals surface area contributed by atoms with Crippen molar-refractivity contribution in [3.8, 4) is 0 Å². The van der Waals surface area contributed by atoms with Gasteiger partial charge < -0.3 is 10.4 Å². The number of carboxylic acids is 1. The number of hydrogen-bond donors (Lipinski definition) is 2. The average molecular weight is 299 g/mol. The van der Waals surface area contributed by atoms with Gasteiger partial charge in [-0.25, -0.2) is 13.6 Å². The number of anilines is 1. The summed E-state index contributed by atoms with van der Waals surface area (Å²) in [4.78, 5) is 11.2. The van der Waals surface area contributed by atoms with Gasteiger partial charge in [0.1, 0.15) is 11.9 Å². The van der Waals surface area contributed by atoms with Crippen LogP contribution in [0, 0.1) is 0 Å². The Morgan fingerprint density at radius 3 is 2.81 bits per heavy atom. The Balaban J connectivity index is 2.24. The number of rotatable bonds is 7. The molecule has 0 saturated heterocycles. The van der Waals surface area contributed by atoms with Crippen molar-refractivity contribution in [3.05, 3.63) is 18.0 Å². The fourth-order valence-electron chi connectivity index (χ4n) is 1.86. The van der Waals surface area contributed by atoms with Crippen molar-refractivity contribution in [3.63, 3.8) is 0 Å². The zero-order valence-corrected chi connectivity index (χ0v) is 11.3. The fraction of sp³-hybridized carbons (Fsp3) is 0.500. The van der Waals surface area contributed by atoms with Gasteiger partial charge in [-0.15, -0.1) is 15.3 Å². The SMILES string of the molecule is CCCCC(Nc1ccc2nnc(C(F)F)n2n1)C(=O)O. The highest BCUT2D eigenvalue weighted by molar-refractivity contribution is 5.76. The van der Waals surface area contributed by atoms with Crippen molar-refractivity contribution in [2.24, 2.45) is 0 Å². The standard InChI is InChI=1S/C12H15F2N5O2/c1-2-3-4-7(12(20)21)15-8-5-6-9-16-17-11(10(13)14)19(9)18-8/h5-7,10H,2-4H2,1H3,(H,15,18)(H,20,21). The first kappa shape index (κ1) is 15.1. The predicted molar refractivity (Wildman–Crippen MR) is 70.3 cm³/mol. The van der Waals surface area contributed by atoms with Gasteiger partial charge in [0.25, 0.3) is 6.43 Å². The van der Waals surface area contributed by atoms with E-state index in [1.54, 1.807) is 0 Å². The van der Waals surface area contributed by atoms with Crippen LogP contribution in [0.1, 0.15) is 38.4 Å². The summed E-state index contributed by atoms with van der Waals surface area (Å²) in [6.45, 7) is 1.95. The van der Waals surface area contributed by atoms with Gasteiger partial charge in [-0.2, -0.15) is 4.52 Å². The number of hydrogen-bond acceptors (Lipinski definition) is 5. The van der Waals surface area contributed by atoms with E-state index in [1.165, 1.54) is 12.1 Å². The van der Waals surface area contributed by atoms with Gasteiger partial charge in [-0.3, -0.25) is 0 Å². The number of aliphatic carboxylic acids is 1. The van der Waals surface area contributed by atoms with Crippen LogP contribution in [0.15, 0.2) is 12.1 Å². The van der Waals surface area contributed by atoms with Crippen LogP contribution < -0.4 is 5.32 Å². The molecule has 0 aliphatic rings. The van der Waals surface area contributed by atoms with E-state index in [-0.39, 0.29) is 11.5 Å². The second-order valence-electron chi connectivity index (χ2n) is 4.52. The molecule has 1 atom stereocenters. The monoisotopic (exact) mass is 299 g/mol. The van der Waals surface area contributed by atoms with E-state index in [4.69, 9.17) is 5.11 Å². The summed E-state index contributed by atoms with van der Waals surface area (Å²) >= 11 is 0. The van der Waals surface area contributed by atoms with Crippen LogP contribution in [-0.2, 0) is 4.79 Å². The summed E-state index contributed by atoms with van der Waals surface area (Å²) in [5, 5.41) is 22.7. The van der Waals surface area contributed by atoms with Gasteiger partial charge in [0, 0.05) is 0 Å². The number of unbranched alkanes of at least 4 members (excludes halogenated alkanes) is 1. The van der Waals surface area contributed by atoms with Crippen molar-refractivity contribution in [1.82, 2.24) is 19.8 Å². The quantitative estimate of drug-likeness (QED) is 0.813. The first-order valence-corrected chi connectivity index (χ1v) is 6.52. The number of nitrogens with zero attached hydrogens (tertiary/aromatic N) is 4. The summed E-state index contributed by atoms with van der Waals surface area (Å²) in [7, 11) is 0. The van der Waals surface area contributed by atoms with Gasteiger partial charge >= 0.3 is 5.97 Å². The van der Waals surface area contributed by atoms with Crippen LogP contribution in [0.4, 0.5) is 14.6 Å². The molecule has 7 nitrogen and oxygen atoms in total. The summed E-state index contributed by atoms with van der Waals surface area (Å²) < 4.78 is 26.4. The molecular weight excluding hydrogens is 284 g/mol. The third-order valence-electron chi connectivity index (χ3n) is 2.95. The normalized spacial score (nSPS) is 12.8. The molecule has 2 aromatic rings. The number of carbonyl (C=O) groups is 1. The molecule has 2 heterocycles. The molecule has 0 amide bonds. The van der Waals surface area contributed by atoms with Crippen LogP contribution in [0.3, 0.4) is 0 Å². The number of nitrogens with one attached hydrogen (secondary N) is 1. The van der Waals surface area contributed by atoms with E-state index in [2.05, 4.69) is 20.6 Å². The maximum Gasteiger partial charge on any atom is 0.326 e. The van der Waals surface area contributed by atoms with Crippen molar-refractivity contribution in [1.29, 1.82) is 0 Å². The van der Waals surface area contributed by atoms with E-state index in [0.717, 1.165) is 17.4 Å². The maximum atomic E-state index is 12.7. The second kappa shape index (κ2) is 6.42. The minimum Gasteiger partial charge on any atom is -0.480 e. The minimum absolute atomic E-state index is 0.177. The Morgan fingerprint density at radius 2 is 2.19 bits per heavy atom. The van der Waals surface area contributed by atoms with E-state index >= 15 is 0 Å². The van der Waals surface area contributed by atoms with E-state index in [0.29, 0.717) is 6.42 Å². The Morgan fingerprint density at radius 1 is 1.43 bits per heavy atom. The van der Waals surface area contributed by atoms with Crippen molar-refractivity contribution < 1.29 is 18.7 Å². The average Bonchev–Trinajstić information content (AvgIpc) is 2.86. The largest absolute Gasteiger partial charge is 0.480 e. The number of carboxylic acid groups (broad SMARTS) is 1. The summed E-state index contributed by atoms with van der Waals surface area (Å²) in [6.07, 6.45) is -0.784. The number of fused-ring (bicyclic) bond motifs is 1. The number of alkyl halides is 2. The number of aromatic nitrogens is 4. The van der Waals surface area contributed by atoms with Gasteiger partial charge in [0.15, 0.2) is 5.65 Å². The van der Waals surface area contributed by atoms with Crippen LogP contribution in [0.5, 0.6) is 0 Å². The predicted octanol–water partition coefficient (Wildman–Crippen LogP) is 2.12. The Hall–Kier alpha value is -2.32. The lowest BCUT2D eigenvalue weighted by molar-refractivity contribution is -0.138. The first-order chi connectivity index (χ1) is 10.0. The Labute approximate surface area is 119 Å². The fourth-order valence-corrected chi connectivity index (χ4v) is 1.86. The molecule has 0 radical (unpaired) electrons. The first-order valence-electron chi connectivity index (χ1n) is 6.52. The molecule has 0 fully saturated rings. The van der Waals surface area contributed by atoms with Gasteiger partial charge in [-0.05, 0) is 18.6 Å². The van der Waals surface area contributed by atoms with E-state index < -0.39 is 24.3 Å². The Bertz CT molecular complexity index is 631. The molecule has 0 bridgehead atoms. The molecule has 0 aromatic carbocycles. The van der Waals surface area contributed by atoms with Crippen LogP contribution in [0.2, 0.25) is 0 Å².